The second-order valence-electron chi connectivity index (χ2n) is 6.91. The van der Waals surface area contributed by atoms with Gasteiger partial charge in [0.2, 0.25) is 10.0 Å². The van der Waals surface area contributed by atoms with Gasteiger partial charge in [-0.2, -0.15) is 4.31 Å². The van der Waals surface area contributed by atoms with Gasteiger partial charge < -0.3 is 10.2 Å². The Bertz CT molecular complexity index is 712. The zero-order valence-corrected chi connectivity index (χ0v) is 17.3. The Morgan fingerprint density at radius 1 is 1.15 bits per heavy atom. The zero-order valence-electron chi connectivity index (χ0n) is 14.9. The van der Waals surface area contributed by atoms with E-state index in [1.807, 2.05) is 12.1 Å². The number of carbonyl (C=O) groups is 1. The van der Waals surface area contributed by atoms with Crippen LogP contribution in [-0.4, -0.2) is 68.0 Å². The van der Waals surface area contributed by atoms with Crippen molar-refractivity contribution in [3.8, 4) is 0 Å². The highest BCUT2D eigenvalue weighted by molar-refractivity contribution is 9.10. The summed E-state index contributed by atoms with van der Waals surface area (Å²) < 4.78 is 27.8. The third-order valence-electron chi connectivity index (χ3n) is 5.18. The summed E-state index contributed by atoms with van der Waals surface area (Å²) in [5.74, 6) is -0.0777. The Hall–Kier alpha value is -0.960. The molecule has 26 heavy (non-hydrogen) atoms. The van der Waals surface area contributed by atoms with E-state index in [1.54, 1.807) is 21.3 Å². The molecule has 1 N–H and O–H groups in total. The molecule has 2 aliphatic rings. The van der Waals surface area contributed by atoms with Crippen molar-refractivity contribution in [1.29, 1.82) is 0 Å². The Balaban J connectivity index is 1.71. The molecule has 1 saturated heterocycles. The fourth-order valence-corrected chi connectivity index (χ4v) is 5.38. The summed E-state index contributed by atoms with van der Waals surface area (Å²) in [6.45, 7) is 2.64. The van der Waals surface area contributed by atoms with Crippen LogP contribution in [0.15, 0.2) is 28.7 Å². The van der Waals surface area contributed by atoms with E-state index in [2.05, 4.69) is 21.2 Å². The fraction of sp³-hybridized carbons (Fsp3) is 0.611. The molecule has 3 rings (SSSR count). The highest BCUT2D eigenvalue weighted by Crippen LogP contribution is 2.25. The number of amides is 1. The first-order chi connectivity index (χ1) is 12.5. The highest BCUT2D eigenvalue weighted by Gasteiger charge is 2.30. The molecule has 0 radical (unpaired) electrons. The molecule has 0 unspecified atom stereocenters. The van der Waals surface area contributed by atoms with Crippen LogP contribution in [0.1, 0.15) is 36.0 Å². The van der Waals surface area contributed by atoms with Crippen LogP contribution in [0.4, 0.5) is 0 Å². The Labute approximate surface area is 164 Å². The standard InChI is InChI=1S/C18H26BrN3O3S/c19-16-7-5-15(6-8-16)18(23)22(17-3-1-2-4-17)13-14-26(24,25)21-11-9-20-10-12-21/h5-8,17,20H,1-4,9-14H2. The largest absolute Gasteiger partial charge is 0.335 e. The van der Waals surface area contributed by atoms with Crippen molar-refractivity contribution >= 4 is 31.9 Å². The van der Waals surface area contributed by atoms with Crippen LogP contribution < -0.4 is 5.32 Å². The van der Waals surface area contributed by atoms with Gasteiger partial charge in [0.05, 0.1) is 5.75 Å². The molecular formula is C18H26BrN3O3S. The van der Waals surface area contributed by atoms with Crippen LogP contribution >= 0.6 is 15.9 Å². The van der Waals surface area contributed by atoms with Gasteiger partial charge in [-0.15, -0.1) is 0 Å². The number of benzene rings is 1. The molecule has 2 fully saturated rings. The van der Waals surface area contributed by atoms with Crippen molar-refractivity contribution in [1.82, 2.24) is 14.5 Å². The normalized spacial score (nSPS) is 19.6. The molecule has 144 valence electrons. The number of hydrogen-bond donors (Lipinski definition) is 1. The minimum atomic E-state index is -3.34. The summed E-state index contributed by atoms with van der Waals surface area (Å²) >= 11 is 3.38. The third kappa shape index (κ3) is 4.85. The lowest BCUT2D eigenvalue weighted by Gasteiger charge is -2.31. The second kappa shape index (κ2) is 8.82. The van der Waals surface area contributed by atoms with E-state index < -0.39 is 10.0 Å². The van der Waals surface area contributed by atoms with Crippen molar-refractivity contribution < 1.29 is 13.2 Å². The maximum Gasteiger partial charge on any atom is 0.254 e. The smallest absolute Gasteiger partial charge is 0.254 e. The van der Waals surface area contributed by atoms with Crippen molar-refractivity contribution in [3.05, 3.63) is 34.3 Å². The number of sulfonamides is 1. The van der Waals surface area contributed by atoms with Crippen LogP contribution in [0.2, 0.25) is 0 Å². The molecule has 8 heteroatoms. The molecule has 0 spiro atoms. The van der Waals surface area contributed by atoms with Crippen LogP contribution in [0.25, 0.3) is 0 Å². The maximum atomic E-state index is 13.0. The minimum Gasteiger partial charge on any atom is -0.335 e. The SMILES string of the molecule is O=C(c1ccc(Br)cc1)N(CCS(=O)(=O)N1CCNCC1)C1CCCC1. The first-order valence-electron chi connectivity index (χ1n) is 9.22. The van der Waals surface area contributed by atoms with Crippen molar-refractivity contribution in [3.63, 3.8) is 0 Å². The number of carbonyl (C=O) groups excluding carboxylic acids is 1. The fourth-order valence-electron chi connectivity index (χ4n) is 3.69. The topological polar surface area (TPSA) is 69.7 Å². The van der Waals surface area contributed by atoms with Crippen LogP contribution in [0.3, 0.4) is 0 Å². The first kappa shape index (κ1) is 19.8. The molecule has 1 aliphatic heterocycles. The molecule has 0 bridgehead atoms. The molecule has 1 saturated carbocycles. The lowest BCUT2D eigenvalue weighted by Crippen LogP contribution is -2.49. The monoisotopic (exact) mass is 443 g/mol. The number of hydrogen-bond acceptors (Lipinski definition) is 4. The minimum absolute atomic E-state index is 0.00817. The number of halogens is 1. The second-order valence-corrected chi connectivity index (χ2v) is 9.91. The molecule has 0 atom stereocenters. The summed E-state index contributed by atoms with van der Waals surface area (Å²) in [7, 11) is -3.34. The summed E-state index contributed by atoms with van der Waals surface area (Å²) in [5, 5.41) is 3.17. The molecule has 6 nitrogen and oxygen atoms in total. The summed E-state index contributed by atoms with van der Waals surface area (Å²) in [6.07, 6.45) is 4.10. The molecule has 1 amide bonds. The molecular weight excluding hydrogens is 418 g/mol. The Kier molecular flexibility index (Phi) is 6.71. The van der Waals surface area contributed by atoms with Gasteiger partial charge in [-0.25, -0.2) is 8.42 Å². The van der Waals surface area contributed by atoms with Gasteiger partial charge in [-0.3, -0.25) is 4.79 Å². The Morgan fingerprint density at radius 2 is 1.77 bits per heavy atom. The van der Waals surface area contributed by atoms with Crippen molar-refractivity contribution in [2.24, 2.45) is 0 Å². The number of piperazine rings is 1. The number of rotatable bonds is 6. The number of nitrogens with zero attached hydrogens (tertiary/aromatic N) is 2. The molecule has 1 heterocycles. The van der Waals surface area contributed by atoms with E-state index in [9.17, 15) is 13.2 Å². The predicted octanol–water partition coefficient (Wildman–Crippen LogP) is 2.07. The quantitative estimate of drug-likeness (QED) is 0.730. The van der Waals surface area contributed by atoms with Gasteiger partial charge in [0.25, 0.3) is 5.91 Å². The van der Waals surface area contributed by atoms with Gasteiger partial charge in [-0.1, -0.05) is 28.8 Å². The summed E-state index contributed by atoms with van der Waals surface area (Å²) in [5.41, 5.74) is 0.611. The van der Waals surface area contributed by atoms with Gasteiger partial charge in [0.1, 0.15) is 0 Å². The maximum absolute atomic E-state index is 13.0. The lowest BCUT2D eigenvalue weighted by atomic mass is 10.1. The van der Waals surface area contributed by atoms with E-state index >= 15 is 0 Å². The van der Waals surface area contributed by atoms with E-state index in [-0.39, 0.29) is 24.2 Å². The summed E-state index contributed by atoms with van der Waals surface area (Å²) in [6, 6.07) is 7.41. The van der Waals surface area contributed by atoms with Gasteiger partial charge in [0, 0.05) is 48.8 Å². The third-order valence-corrected chi connectivity index (χ3v) is 7.56. The van der Waals surface area contributed by atoms with Crippen molar-refractivity contribution in [2.75, 3.05) is 38.5 Å². The van der Waals surface area contributed by atoms with Crippen LogP contribution in [0, 0.1) is 0 Å². The number of nitrogens with one attached hydrogen (secondary N) is 1. The lowest BCUT2D eigenvalue weighted by molar-refractivity contribution is 0.0694. The van der Waals surface area contributed by atoms with Gasteiger partial charge in [0.15, 0.2) is 0 Å². The van der Waals surface area contributed by atoms with Crippen LogP contribution in [-0.2, 0) is 10.0 Å². The van der Waals surface area contributed by atoms with E-state index in [1.165, 1.54) is 0 Å². The average Bonchev–Trinajstić information content (AvgIpc) is 3.17. The zero-order chi connectivity index (χ0) is 18.6. The van der Waals surface area contributed by atoms with Gasteiger partial charge >= 0.3 is 0 Å². The van der Waals surface area contributed by atoms with Crippen LogP contribution in [0.5, 0.6) is 0 Å². The van der Waals surface area contributed by atoms with Crippen molar-refractivity contribution in [2.45, 2.75) is 31.7 Å². The first-order valence-corrected chi connectivity index (χ1v) is 11.6. The summed E-state index contributed by atoms with van der Waals surface area (Å²) in [4.78, 5) is 14.8. The molecule has 1 aromatic rings. The van der Waals surface area contributed by atoms with E-state index in [4.69, 9.17) is 0 Å². The Morgan fingerprint density at radius 3 is 2.38 bits per heavy atom. The molecule has 1 aliphatic carbocycles. The predicted molar refractivity (Wildman–Crippen MR) is 106 cm³/mol. The van der Waals surface area contributed by atoms with E-state index in [0.29, 0.717) is 31.7 Å². The highest BCUT2D eigenvalue weighted by atomic mass is 79.9. The average molecular weight is 444 g/mol. The molecule has 0 aromatic heterocycles. The van der Waals surface area contributed by atoms with E-state index in [0.717, 1.165) is 30.2 Å². The molecule has 1 aromatic carbocycles. The van der Waals surface area contributed by atoms with Gasteiger partial charge in [-0.05, 0) is 37.1 Å².